The van der Waals surface area contributed by atoms with E-state index in [9.17, 15) is 4.79 Å². The predicted octanol–water partition coefficient (Wildman–Crippen LogP) is 3.59. The van der Waals surface area contributed by atoms with Crippen LogP contribution in [0.5, 0.6) is 0 Å². The van der Waals surface area contributed by atoms with Crippen LogP contribution in [0.1, 0.15) is 31.4 Å². The Labute approximate surface area is 132 Å². The maximum atomic E-state index is 12.3. The van der Waals surface area contributed by atoms with Gasteiger partial charge in [-0.3, -0.25) is 4.79 Å². The summed E-state index contributed by atoms with van der Waals surface area (Å²) in [6.45, 7) is 2.80. The summed E-state index contributed by atoms with van der Waals surface area (Å²) in [6, 6.07) is 10.2. The van der Waals surface area contributed by atoms with E-state index in [1.165, 1.54) is 18.4 Å². The highest BCUT2D eigenvalue weighted by molar-refractivity contribution is 9.10. The number of hydrogen-bond acceptors (Lipinski definition) is 3. The third-order valence-corrected chi connectivity index (χ3v) is 4.55. The standard InChI is InChI=1S/C16H18BrN3O/c1-11(13-5-3-2-4-6-13)19-14-9-18-20(10-12-7-8-12)16(21)15(14)17/h2-6,9,11-12,19H,7-8,10H2,1H3. The molecule has 4 nitrogen and oxygen atoms in total. The van der Waals surface area contributed by atoms with E-state index in [4.69, 9.17) is 0 Å². The molecule has 0 radical (unpaired) electrons. The Hall–Kier alpha value is -1.62. The van der Waals surface area contributed by atoms with Crippen LogP contribution in [-0.2, 0) is 6.54 Å². The molecule has 0 saturated heterocycles. The molecule has 1 atom stereocenters. The fourth-order valence-corrected chi connectivity index (χ4v) is 2.72. The lowest BCUT2D eigenvalue weighted by atomic mass is 10.1. The van der Waals surface area contributed by atoms with Crippen molar-refractivity contribution in [3.8, 4) is 0 Å². The molecule has 5 heteroatoms. The van der Waals surface area contributed by atoms with E-state index in [-0.39, 0.29) is 11.6 Å². The van der Waals surface area contributed by atoms with E-state index >= 15 is 0 Å². The minimum absolute atomic E-state index is 0.0628. The maximum absolute atomic E-state index is 12.3. The lowest BCUT2D eigenvalue weighted by Gasteiger charge is -2.17. The summed E-state index contributed by atoms with van der Waals surface area (Å²) < 4.78 is 2.11. The average molecular weight is 348 g/mol. The number of nitrogens with one attached hydrogen (secondary N) is 1. The van der Waals surface area contributed by atoms with E-state index in [1.807, 2.05) is 18.2 Å². The van der Waals surface area contributed by atoms with Gasteiger partial charge in [0.05, 0.1) is 11.9 Å². The first kappa shape index (κ1) is 14.3. The molecule has 1 saturated carbocycles. The Morgan fingerprint density at radius 3 is 2.76 bits per heavy atom. The first-order valence-electron chi connectivity index (χ1n) is 7.22. The van der Waals surface area contributed by atoms with Crippen LogP contribution in [-0.4, -0.2) is 9.78 Å². The number of aromatic nitrogens is 2. The van der Waals surface area contributed by atoms with Crippen molar-refractivity contribution in [3.63, 3.8) is 0 Å². The summed E-state index contributed by atoms with van der Waals surface area (Å²) in [5.74, 6) is 0.629. The highest BCUT2D eigenvalue weighted by Gasteiger charge is 2.23. The molecule has 3 rings (SSSR count). The Balaban J connectivity index is 1.79. The van der Waals surface area contributed by atoms with Crippen molar-refractivity contribution in [2.45, 2.75) is 32.4 Å². The largest absolute Gasteiger partial charge is 0.376 e. The second-order valence-electron chi connectivity index (χ2n) is 5.58. The van der Waals surface area contributed by atoms with Crippen LogP contribution in [0, 0.1) is 5.92 Å². The number of halogens is 1. The highest BCUT2D eigenvalue weighted by atomic mass is 79.9. The van der Waals surface area contributed by atoms with Crippen molar-refractivity contribution in [1.82, 2.24) is 9.78 Å². The third-order valence-electron chi connectivity index (χ3n) is 3.78. The monoisotopic (exact) mass is 347 g/mol. The zero-order valence-corrected chi connectivity index (χ0v) is 13.5. The van der Waals surface area contributed by atoms with E-state index in [0.29, 0.717) is 10.4 Å². The average Bonchev–Trinajstić information content (AvgIpc) is 3.32. The van der Waals surface area contributed by atoms with Gasteiger partial charge >= 0.3 is 0 Å². The molecule has 0 spiro atoms. The van der Waals surface area contributed by atoms with Gasteiger partial charge in [-0.2, -0.15) is 5.10 Å². The minimum Gasteiger partial charge on any atom is -0.376 e. The lowest BCUT2D eigenvalue weighted by molar-refractivity contribution is 0.531. The molecule has 1 fully saturated rings. The molecule has 2 aromatic rings. The van der Waals surface area contributed by atoms with Gasteiger partial charge < -0.3 is 5.32 Å². The van der Waals surface area contributed by atoms with Gasteiger partial charge in [0.1, 0.15) is 4.47 Å². The van der Waals surface area contributed by atoms with Gasteiger partial charge in [0, 0.05) is 12.6 Å². The van der Waals surface area contributed by atoms with Gasteiger partial charge in [0.25, 0.3) is 5.56 Å². The normalized spacial score (nSPS) is 15.7. The molecular formula is C16H18BrN3O. The van der Waals surface area contributed by atoms with E-state index < -0.39 is 0 Å². The molecule has 0 bridgehead atoms. The van der Waals surface area contributed by atoms with E-state index in [0.717, 1.165) is 12.2 Å². The molecule has 0 amide bonds. The van der Waals surface area contributed by atoms with E-state index in [1.54, 1.807) is 10.9 Å². The quantitative estimate of drug-likeness (QED) is 0.898. The molecule has 110 valence electrons. The molecule has 0 aliphatic heterocycles. The van der Waals surface area contributed by atoms with Crippen LogP contribution in [0.25, 0.3) is 0 Å². The molecule has 1 aliphatic carbocycles. The summed E-state index contributed by atoms with van der Waals surface area (Å²) >= 11 is 3.41. The Morgan fingerprint density at radius 1 is 1.38 bits per heavy atom. The zero-order chi connectivity index (χ0) is 14.8. The second kappa shape index (κ2) is 6.02. The minimum atomic E-state index is -0.0628. The van der Waals surface area contributed by atoms with Crippen molar-refractivity contribution in [3.05, 3.63) is 56.9 Å². The van der Waals surface area contributed by atoms with Gasteiger partial charge in [-0.05, 0) is 47.2 Å². The first-order valence-corrected chi connectivity index (χ1v) is 8.01. The number of anilines is 1. The van der Waals surface area contributed by atoms with Crippen molar-refractivity contribution in [2.24, 2.45) is 5.92 Å². The highest BCUT2D eigenvalue weighted by Crippen LogP contribution is 2.30. The van der Waals surface area contributed by atoms with E-state index in [2.05, 4.69) is 45.4 Å². The predicted molar refractivity (Wildman–Crippen MR) is 87.4 cm³/mol. The maximum Gasteiger partial charge on any atom is 0.283 e. The van der Waals surface area contributed by atoms with Gasteiger partial charge in [0.15, 0.2) is 0 Å². The van der Waals surface area contributed by atoms with Gasteiger partial charge in [0.2, 0.25) is 0 Å². The lowest BCUT2D eigenvalue weighted by Crippen LogP contribution is -2.25. The number of benzene rings is 1. The van der Waals surface area contributed by atoms with Crippen LogP contribution >= 0.6 is 15.9 Å². The Morgan fingerprint density at radius 2 is 2.10 bits per heavy atom. The van der Waals surface area contributed by atoms with Crippen LogP contribution in [0.3, 0.4) is 0 Å². The SMILES string of the molecule is CC(Nc1cnn(CC2CC2)c(=O)c1Br)c1ccccc1. The van der Waals surface area contributed by atoms with Crippen LogP contribution < -0.4 is 10.9 Å². The molecule has 1 heterocycles. The first-order chi connectivity index (χ1) is 10.1. The third kappa shape index (κ3) is 3.35. The van der Waals surface area contributed by atoms with Crippen LogP contribution in [0.4, 0.5) is 5.69 Å². The zero-order valence-electron chi connectivity index (χ0n) is 11.9. The number of hydrogen-bond donors (Lipinski definition) is 1. The van der Waals surface area contributed by atoms with Crippen LogP contribution in [0.15, 0.2) is 45.8 Å². The molecule has 1 aromatic heterocycles. The van der Waals surface area contributed by atoms with Crippen molar-refractivity contribution < 1.29 is 0 Å². The molecule has 21 heavy (non-hydrogen) atoms. The number of rotatable bonds is 5. The van der Waals surface area contributed by atoms with Gasteiger partial charge in [-0.25, -0.2) is 4.68 Å². The molecule has 1 unspecified atom stereocenters. The molecular weight excluding hydrogens is 330 g/mol. The fourth-order valence-electron chi connectivity index (χ4n) is 2.30. The summed E-state index contributed by atoms with van der Waals surface area (Å²) in [7, 11) is 0. The summed E-state index contributed by atoms with van der Waals surface area (Å²) in [5, 5.41) is 7.62. The topological polar surface area (TPSA) is 46.9 Å². The van der Waals surface area contributed by atoms with Crippen molar-refractivity contribution in [2.75, 3.05) is 5.32 Å². The number of nitrogens with zero attached hydrogens (tertiary/aromatic N) is 2. The Bertz CT molecular complexity index is 680. The van der Waals surface area contributed by atoms with Crippen molar-refractivity contribution >= 4 is 21.6 Å². The summed E-state index contributed by atoms with van der Waals surface area (Å²) in [4.78, 5) is 12.3. The van der Waals surface area contributed by atoms with Gasteiger partial charge in [-0.1, -0.05) is 30.3 Å². The summed E-state index contributed by atoms with van der Waals surface area (Å²) in [5.41, 5.74) is 1.85. The fraction of sp³-hybridized carbons (Fsp3) is 0.375. The van der Waals surface area contributed by atoms with Crippen LogP contribution in [0.2, 0.25) is 0 Å². The second-order valence-corrected chi connectivity index (χ2v) is 6.37. The molecule has 1 aliphatic rings. The van der Waals surface area contributed by atoms with Gasteiger partial charge in [-0.15, -0.1) is 0 Å². The Kier molecular flexibility index (Phi) is 4.10. The molecule has 1 aromatic carbocycles. The molecule has 1 N–H and O–H groups in total. The van der Waals surface area contributed by atoms with Crippen molar-refractivity contribution in [1.29, 1.82) is 0 Å². The summed E-state index contributed by atoms with van der Waals surface area (Å²) in [6.07, 6.45) is 4.14. The smallest absolute Gasteiger partial charge is 0.283 e.